The summed E-state index contributed by atoms with van der Waals surface area (Å²) in [5, 5.41) is 2.81. The summed E-state index contributed by atoms with van der Waals surface area (Å²) in [6, 6.07) is 10.9. The number of nitrogens with zero attached hydrogens (tertiary/aromatic N) is 3. The van der Waals surface area contributed by atoms with Crippen LogP contribution in [0, 0.1) is 5.41 Å². The van der Waals surface area contributed by atoms with Gasteiger partial charge in [-0.2, -0.15) is 0 Å². The molecule has 0 bridgehead atoms. The maximum atomic E-state index is 12.2. The molecule has 0 aliphatic rings. The summed E-state index contributed by atoms with van der Waals surface area (Å²) < 4.78 is 1.90. The number of aromatic nitrogens is 3. The molecule has 0 saturated carbocycles. The minimum Gasteiger partial charge on any atom is -0.323 e. The number of rotatable bonds is 3. The fraction of sp³-hybridized carbons (Fsp3) is 0.278. The molecule has 3 rings (SSSR count). The Morgan fingerprint density at radius 1 is 1.12 bits per heavy atom. The predicted molar refractivity (Wildman–Crippen MR) is 109 cm³/mol. The molecule has 0 spiro atoms. The number of carbonyl (C=O) groups excluding carboxylic acids is 1. The van der Waals surface area contributed by atoms with Crippen LogP contribution in [0.5, 0.6) is 0 Å². The Hall–Kier alpha value is -2.15. The molecular formula is C18H23Cl2N5O. The van der Waals surface area contributed by atoms with Gasteiger partial charge in [0.1, 0.15) is 12.1 Å². The van der Waals surface area contributed by atoms with Crippen LogP contribution in [0.4, 0.5) is 5.69 Å². The molecule has 26 heavy (non-hydrogen) atoms. The first kappa shape index (κ1) is 21.9. The van der Waals surface area contributed by atoms with Gasteiger partial charge in [0.05, 0.1) is 29.0 Å². The maximum absolute atomic E-state index is 12.2. The monoisotopic (exact) mass is 395 g/mol. The van der Waals surface area contributed by atoms with E-state index in [1.165, 1.54) is 0 Å². The zero-order valence-corrected chi connectivity index (χ0v) is 16.5. The van der Waals surface area contributed by atoms with Gasteiger partial charge < -0.3 is 11.1 Å². The van der Waals surface area contributed by atoms with Gasteiger partial charge in [0, 0.05) is 0 Å². The molecule has 2 aromatic heterocycles. The number of amides is 1. The van der Waals surface area contributed by atoms with Crippen molar-refractivity contribution in [1.82, 2.24) is 14.5 Å². The molecule has 1 atom stereocenters. The van der Waals surface area contributed by atoms with Gasteiger partial charge in [-0.1, -0.05) is 32.9 Å². The molecule has 8 heteroatoms. The molecule has 6 nitrogen and oxygen atoms in total. The fourth-order valence-electron chi connectivity index (χ4n) is 2.36. The van der Waals surface area contributed by atoms with E-state index < -0.39 is 6.04 Å². The van der Waals surface area contributed by atoms with Crippen molar-refractivity contribution in [2.75, 3.05) is 5.32 Å². The second-order valence-corrected chi connectivity index (χ2v) is 6.84. The first-order valence-corrected chi connectivity index (χ1v) is 7.81. The minimum absolute atomic E-state index is 0. The highest BCUT2D eigenvalue weighted by Gasteiger charge is 2.27. The molecule has 0 aliphatic heterocycles. The quantitative estimate of drug-likeness (QED) is 0.709. The average Bonchev–Trinajstić information content (AvgIpc) is 2.98. The van der Waals surface area contributed by atoms with E-state index >= 15 is 0 Å². The zero-order chi connectivity index (χ0) is 17.3. The van der Waals surface area contributed by atoms with E-state index in [0.29, 0.717) is 5.69 Å². The highest BCUT2D eigenvalue weighted by molar-refractivity contribution is 5.95. The van der Waals surface area contributed by atoms with Crippen LogP contribution in [-0.2, 0) is 4.79 Å². The molecule has 0 saturated heterocycles. The molecule has 0 unspecified atom stereocenters. The van der Waals surface area contributed by atoms with Crippen LogP contribution in [0.25, 0.3) is 16.9 Å². The highest BCUT2D eigenvalue weighted by Crippen LogP contribution is 2.20. The Morgan fingerprint density at radius 3 is 2.42 bits per heavy atom. The van der Waals surface area contributed by atoms with Crippen LogP contribution < -0.4 is 11.1 Å². The number of para-hydroxylation sites is 2. The van der Waals surface area contributed by atoms with Gasteiger partial charge in [-0.3, -0.25) is 9.36 Å². The lowest BCUT2D eigenvalue weighted by atomic mass is 9.87. The van der Waals surface area contributed by atoms with Crippen LogP contribution >= 0.6 is 24.8 Å². The third-order valence-corrected chi connectivity index (χ3v) is 3.93. The number of benzene rings is 1. The smallest absolute Gasteiger partial charge is 0.241 e. The van der Waals surface area contributed by atoms with Crippen molar-refractivity contribution in [3.63, 3.8) is 0 Å². The van der Waals surface area contributed by atoms with E-state index in [-0.39, 0.29) is 36.1 Å². The van der Waals surface area contributed by atoms with Crippen molar-refractivity contribution in [3.05, 3.63) is 48.9 Å². The number of pyridine rings is 1. The Bertz CT molecular complexity index is 871. The number of nitrogens with two attached hydrogens (primary N) is 1. The number of imidazole rings is 1. The molecular weight excluding hydrogens is 373 g/mol. The summed E-state index contributed by atoms with van der Waals surface area (Å²) >= 11 is 0. The van der Waals surface area contributed by atoms with E-state index in [2.05, 4.69) is 15.3 Å². The van der Waals surface area contributed by atoms with Gasteiger partial charge in [-0.15, -0.1) is 24.8 Å². The number of nitrogens with one attached hydrogen (secondary N) is 1. The van der Waals surface area contributed by atoms with Crippen LogP contribution in [0.15, 0.2) is 48.9 Å². The summed E-state index contributed by atoms with van der Waals surface area (Å²) in [6.45, 7) is 5.80. The number of hydrogen-bond acceptors (Lipinski definition) is 4. The molecule has 3 aromatic rings. The van der Waals surface area contributed by atoms with Crippen LogP contribution in [0.3, 0.4) is 0 Å². The number of hydrogen-bond donors (Lipinski definition) is 2. The molecule has 2 heterocycles. The molecule has 1 amide bonds. The van der Waals surface area contributed by atoms with E-state index in [1.807, 2.05) is 61.7 Å². The summed E-state index contributed by atoms with van der Waals surface area (Å²) in [5.74, 6) is 0.520. The normalized spacial score (nSPS) is 12.0. The molecule has 0 radical (unpaired) electrons. The van der Waals surface area contributed by atoms with Crippen LogP contribution in [-0.4, -0.2) is 26.5 Å². The number of halogens is 2. The Balaban J connectivity index is 0.00000169. The standard InChI is InChI=1S/C18H21N5O.2ClH/c1-18(2,3)16(19)17(24)22-12-8-9-15(20-10-12)23-11-21-13-6-4-5-7-14(13)23;;/h4-11,16H,19H2,1-3H3,(H,22,24);2*1H/t16-;;/m1../s1. The third kappa shape index (κ3) is 4.52. The summed E-state index contributed by atoms with van der Waals surface area (Å²) in [6.07, 6.45) is 3.36. The average molecular weight is 396 g/mol. The zero-order valence-electron chi connectivity index (χ0n) is 14.8. The number of anilines is 1. The van der Waals surface area contributed by atoms with Gasteiger partial charge in [0.25, 0.3) is 0 Å². The minimum atomic E-state index is -0.588. The topological polar surface area (TPSA) is 85.8 Å². The summed E-state index contributed by atoms with van der Waals surface area (Å²) in [7, 11) is 0. The predicted octanol–water partition coefficient (Wildman–Crippen LogP) is 3.58. The lowest BCUT2D eigenvalue weighted by molar-refractivity contribution is -0.119. The summed E-state index contributed by atoms with van der Waals surface area (Å²) in [5.41, 5.74) is 8.18. The summed E-state index contributed by atoms with van der Waals surface area (Å²) in [4.78, 5) is 20.9. The first-order valence-electron chi connectivity index (χ1n) is 7.81. The van der Waals surface area contributed by atoms with E-state index in [4.69, 9.17) is 5.73 Å². The van der Waals surface area contributed by atoms with Gasteiger partial charge in [-0.25, -0.2) is 9.97 Å². The van der Waals surface area contributed by atoms with Crippen molar-refractivity contribution in [1.29, 1.82) is 0 Å². The lowest BCUT2D eigenvalue weighted by Gasteiger charge is -2.25. The molecule has 3 N–H and O–H groups in total. The second-order valence-electron chi connectivity index (χ2n) is 6.84. The molecule has 0 aliphatic carbocycles. The SMILES string of the molecule is CC(C)(C)[C@H](N)C(=O)Nc1ccc(-n2cnc3ccccc32)nc1.Cl.Cl. The van der Waals surface area contributed by atoms with E-state index in [0.717, 1.165) is 16.9 Å². The third-order valence-electron chi connectivity index (χ3n) is 3.93. The Kier molecular flexibility index (Phi) is 7.15. The fourth-order valence-corrected chi connectivity index (χ4v) is 2.36. The van der Waals surface area contributed by atoms with Gasteiger partial charge in [-0.05, 0) is 29.7 Å². The van der Waals surface area contributed by atoms with Crippen molar-refractivity contribution in [2.24, 2.45) is 11.1 Å². The largest absolute Gasteiger partial charge is 0.323 e. The highest BCUT2D eigenvalue weighted by atomic mass is 35.5. The van der Waals surface area contributed by atoms with Gasteiger partial charge in [0.2, 0.25) is 5.91 Å². The molecule has 0 fully saturated rings. The first-order chi connectivity index (χ1) is 11.4. The van der Waals surface area contributed by atoms with Crippen molar-refractivity contribution < 1.29 is 4.79 Å². The lowest BCUT2D eigenvalue weighted by Crippen LogP contribution is -2.45. The van der Waals surface area contributed by atoms with Gasteiger partial charge in [0.15, 0.2) is 0 Å². The molecule has 140 valence electrons. The van der Waals surface area contributed by atoms with E-state index in [9.17, 15) is 4.79 Å². The van der Waals surface area contributed by atoms with Crippen LogP contribution in [0.2, 0.25) is 0 Å². The molecule has 1 aromatic carbocycles. The second kappa shape index (κ2) is 8.49. The number of fused-ring (bicyclic) bond motifs is 1. The maximum Gasteiger partial charge on any atom is 0.241 e. The van der Waals surface area contributed by atoms with Gasteiger partial charge >= 0.3 is 0 Å². The van der Waals surface area contributed by atoms with Crippen LogP contribution in [0.1, 0.15) is 20.8 Å². The number of carbonyl (C=O) groups is 1. The Labute approximate surface area is 165 Å². The van der Waals surface area contributed by atoms with E-state index in [1.54, 1.807) is 12.5 Å². The van der Waals surface area contributed by atoms with Crippen molar-refractivity contribution in [2.45, 2.75) is 26.8 Å². The Morgan fingerprint density at radius 2 is 1.81 bits per heavy atom. The van der Waals surface area contributed by atoms with Crippen molar-refractivity contribution >= 4 is 47.4 Å². The van der Waals surface area contributed by atoms with Crippen molar-refractivity contribution in [3.8, 4) is 5.82 Å².